The van der Waals surface area contributed by atoms with Gasteiger partial charge in [0, 0.05) is 0 Å². The maximum absolute atomic E-state index is 5.81. The van der Waals surface area contributed by atoms with E-state index in [4.69, 9.17) is 4.74 Å². The van der Waals surface area contributed by atoms with Crippen molar-refractivity contribution >= 4 is 9.24 Å². The van der Waals surface area contributed by atoms with Gasteiger partial charge in [0.05, 0.1) is 12.2 Å². The largest absolute Gasteiger partial charge is 0.376 e. The molecule has 1 fully saturated rings. The Hall–Kier alpha value is 0.390. The van der Waals surface area contributed by atoms with Gasteiger partial charge >= 0.3 is 0 Å². The van der Waals surface area contributed by atoms with Gasteiger partial charge in [-0.1, -0.05) is 6.92 Å². The predicted molar refractivity (Wildman–Crippen MR) is 61.1 cm³/mol. The highest BCUT2D eigenvalue weighted by molar-refractivity contribution is 7.17. The normalized spacial score (nSPS) is 32.1. The van der Waals surface area contributed by atoms with Gasteiger partial charge < -0.3 is 4.74 Å². The van der Waals surface area contributed by atoms with Crippen molar-refractivity contribution in [1.29, 1.82) is 0 Å². The van der Waals surface area contributed by atoms with Crippen molar-refractivity contribution < 1.29 is 4.74 Å². The first kappa shape index (κ1) is 11.5. The van der Waals surface area contributed by atoms with Crippen molar-refractivity contribution in [3.63, 3.8) is 0 Å². The van der Waals surface area contributed by atoms with Crippen LogP contribution in [-0.4, -0.2) is 17.9 Å². The van der Waals surface area contributed by atoms with E-state index < -0.39 is 0 Å². The summed E-state index contributed by atoms with van der Waals surface area (Å²) in [6.45, 7) is 6.56. The van der Waals surface area contributed by atoms with Gasteiger partial charge in [-0.3, -0.25) is 0 Å². The van der Waals surface area contributed by atoms with Crippen LogP contribution in [0.25, 0.3) is 0 Å². The smallest absolute Gasteiger partial charge is 0.0578 e. The number of rotatable bonds is 3. The van der Waals surface area contributed by atoms with Gasteiger partial charge in [-0.25, -0.2) is 0 Å². The molecule has 1 aliphatic carbocycles. The van der Waals surface area contributed by atoms with E-state index in [2.05, 4.69) is 30.0 Å². The van der Waals surface area contributed by atoms with Gasteiger partial charge in [-0.2, -0.15) is 0 Å². The van der Waals surface area contributed by atoms with Crippen LogP contribution in [0.2, 0.25) is 0 Å². The fourth-order valence-corrected chi connectivity index (χ4v) is 2.52. The molecular formula is C11H23OP. The minimum Gasteiger partial charge on any atom is -0.376 e. The number of hydrogen-bond donors (Lipinski definition) is 0. The van der Waals surface area contributed by atoms with Crippen LogP contribution >= 0.6 is 9.24 Å². The van der Waals surface area contributed by atoms with E-state index in [1.807, 2.05) is 0 Å². The lowest BCUT2D eigenvalue weighted by molar-refractivity contribution is -0.0194. The molecule has 0 spiro atoms. The van der Waals surface area contributed by atoms with E-state index in [-0.39, 0.29) is 0 Å². The van der Waals surface area contributed by atoms with E-state index in [9.17, 15) is 0 Å². The number of ether oxygens (including phenoxy) is 1. The minimum atomic E-state index is 0.398. The summed E-state index contributed by atoms with van der Waals surface area (Å²) in [4.78, 5) is 0. The number of hydrogen-bond acceptors (Lipinski definition) is 1. The molecule has 0 aliphatic heterocycles. The third-order valence-corrected chi connectivity index (χ3v) is 3.47. The molecule has 1 saturated carbocycles. The zero-order valence-electron chi connectivity index (χ0n) is 9.12. The Balaban J connectivity index is 2.22. The van der Waals surface area contributed by atoms with Crippen molar-refractivity contribution in [3.05, 3.63) is 0 Å². The third kappa shape index (κ3) is 3.95. The summed E-state index contributed by atoms with van der Waals surface area (Å²) in [6.07, 6.45) is 6.17. The highest BCUT2D eigenvalue weighted by Crippen LogP contribution is 2.31. The van der Waals surface area contributed by atoms with Gasteiger partial charge in [0.1, 0.15) is 0 Å². The Morgan fingerprint density at radius 3 is 2.00 bits per heavy atom. The molecule has 0 saturated heterocycles. The molecule has 1 rings (SSSR count). The van der Waals surface area contributed by atoms with Crippen LogP contribution in [0.1, 0.15) is 46.5 Å². The van der Waals surface area contributed by atoms with Crippen molar-refractivity contribution in [2.75, 3.05) is 0 Å². The van der Waals surface area contributed by atoms with Crippen LogP contribution in [0.5, 0.6) is 0 Å². The molecule has 0 N–H and O–H groups in total. The Morgan fingerprint density at radius 2 is 1.62 bits per heavy atom. The van der Waals surface area contributed by atoms with Crippen molar-refractivity contribution in [1.82, 2.24) is 0 Å². The molecule has 2 unspecified atom stereocenters. The fourth-order valence-electron chi connectivity index (χ4n) is 2.14. The Kier molecular flexibility index (Phi) is 4.69. The molecule has 1 nitrogen and oxygen atoms in total. The summed E-state index contributed by atoms with van der Waals surface area (Å²) < 4.78 is 5.81. The Labute approximate surface area is 84.8 Å². The first-order valence-electron chi connectivity index (χ1n) is 5.50. The molecule has 1 aliphatic rings. The fraction of sp³-hybridized carbons (Fsp3) is 1.00. The van der Waals surface area contributed by atoms with Crippen LogP contribution in [-0.2, 0) is 4.74 Å². The van der Waals surface area contributed by atoms with Gasteiger partial charge in [0.15, 0.2) is 0 Å². The van der Waals surface area contributed by atoms with Gasteiger partial charge in [-0.05, 0) is 51.1 Å². The van der Waals surface area contributed by atoms with Crippen LogP contribution in [0.3, 0.4) is 0 Å². The molecule has 0 radical (unpaired) electrons. The van der Waals surface area contributed by atoms with Gasteiger partial charge in [0.25, 0.3) is 0 Å². The van der Waals surface area contributed by atoms with E-state index in [1.54, 1.807) is 0 Å². The quantitative estimate of drug-likeness (QED) is 0.638. The highest BCUT2D eigenvalue weighted by Gasteiger charge is 2.23. The SMILES string of the molecule is CC(C)OC1CCC(C(C)P)CC1. The Bertz CT molecular complexity index is 137. The van der Waals surface area contributed by atoms with E-state index in [0.717, 1.165) is 11.6 Å². The molecule has 0 amide bonds. The zero-order valence-corrected chi connectivity index (χ0v) is 10.3. The molecular weight excluding hydrogens is 179 g/mol. The van der Waals surface area contributed by atoms with Crippen molar-refractivity contribution in [2.24, 2.45) is 5.92 Å². The van der Waals surface area contributed by atoms with Crippen LogP contribution in [0.15, 0.2) is 0 Å². The summed E-state index contributed by atoms with van der Waals surface area (Å²) in [5.74, 6) is 0.914. The lowest BCUT2D eigenvalue weighted by Crippen LogP contribution is -2.27. The highest BCUT2D eigenvalue weighted by atomic mass is 31.0. The minimum absolute atomic E-state index is 0.398. The van der Waals surface area contributed by atoms with Crippen molar-refractivity contribution in [3.8, 4) is 0 Å². The maximum Gasteiger partial charge on any atom is 0.0578 e. The summed E-state index contributed by atoms with van der Waals surface area (Å²) in [5, 5.41) is 0. The van der Waals surface area contributed by atoms with Gasteiger partial charge in [0.2, 0.25) is 0 Å². The van der Waals surface area contributed by atoms with Crippen molar-refractivity contribution in [2.45, 2.75) is 64.3 Å². The molecule has 0 bridgehead atoms. The molecule has 2 heteroatoms. The second-order valence-electron chi connectivity index (χ2n) is 4.58. The molecule has 0 aromatic carbocycles. The van der Waals surface area contributed by atoms with Crippen LogP contribution < -0.4 is 0 Å². The second kappa shape index (κ2) is 5.32. The third-order valence-electron chi connectivity index (χ3n) is 2.93. The summed E-state index contributed by atoms with van der Waals surface area (Å²) in [5.41, 5.74) is 0.778. The van der Waals surface area contributed by atoms with Crippen LogP contribution in [0.4, 0.5) is 0 Å². The molecule has 13 heavy (non-hydrogen) atoms. The summed E-state index contributed by atoms with van der Waals surface area (Å²) in [7, 11) is 2.93. The monoisotopic (exact) mass is 202 g/mol. The van der Waals surface area contributed by atoms with Gasteiger partial charge in [-0.15, -0.1) is 9.24 Å². The van der Waals surface area contributed by atoms with Crippen LogP contribution in [0, 0.1) is 5.92 Å². The molecule has 2 atom stereocenters. The average molecular weight is 202 g/mol. The molecule has 0 aromatic heterocycles. The molecule has 0 heterocycles. The zero-order chi connectivity index (χ0) is 9.84. The summed E-state index contributed by atoms with van der Waals surface area (Å²) >= 11 is 0. The second-order valence-corrected chi connectivity index (χ2v) is 5.63. The topological polar surface area (TPSA) is 9.23 Å². The standard InChI is InChI=1S/C11H23OP/c1-8(2)12-11-6-4-10(5-7-11)9(3)13/h8-11H,4-7,13H2,1-3H3. The molecule has 78 valence electrons. The summed E-state index contributed by atoms with van der Waals surface area (Å²) in [6, 6.07) is 0. The molecule has 0 aromatic rings. The first-order valence-corrected chi connectivity index (χ1v) is 6.17. The lowest BCUT2D eigenvalue weighted by Gasteiger charge is -2.31. The first-order chi connectivity index (χ1) is 6.09. The average Bonchev–Trinajstić information content (AvgIpc) is 2.04. The van der Waals surface area contributed by atoms with E-state index in [1.165, 1.54) is 25.7 Å². The predicted octanol–water partition coefficient (Wildman–Crippen LogP) is 3.23. The lowest BCUT2D eigenvalue weighted by atomic mass is 9.85. The Morgan fingerprint density at radius 1 is 1.08 bits per heavy atom. The van der Waals surface area contributed by atoms with E-state index >= 15 is 0 Å². The van der Waals surface area contributed by atoms with E-state index in [0.29, 0.717) is 12.2 Å². The maximum atomic E-state index is 5.81.